The van der Waals surface area contributed by atoms with Crippen molar-refractivity contribution in [3.63, 3.8) is 0 Å². The number of hydrogen-bond acceptors (Lipinski definition) is 9. The van der Waals surface area contributed by atoms with Crippen LogP contribution in [-0.2, 0) is 22.7 Å². The smallest absolute Gasteiger partial charge is 0.251 e. The Kier molecular flexibility index (Phi) is 9.86. The van der Waals surface area contributed by atoms with Crippen LogP contribution < -0.4 is 29.0 Å². The number of carbonyl (C=O) groups is 2. The lowest BCUT2D eigenvalue weighted by Crippen LogP contribution is -2.42. The Morgan fingerprint density at radius 2 is 1.39 bits per heavy atom. The zero-order chi connectivity index (χ0) is 32.6. The van der Waals surface area contributed by atoms with Gasteiger partial charge in [0.15, 0.2) is 11.5 Å². The number of anilines is 1. The number of benzene rings is 4. The van der Waals surface area contributed by atoms with Crippen molar-refractivity contribution in [2.24, 2.45) is 0 Å². The van der Waals surface area contributed by atoms with Crippen LogP contribution in [0.5, 0.6) is 28.7 Å². The topological polar surface area (TPSA) is 126 Å². The Morgan fingerprint density at radius 1 is 0.783 bits per heavy atom. The first-order valence-electron chi connectivity index (χ1n) is 14.3. The summed E-state index contributed by atoms with van der Waals surface area (Å²) < 4.78 is 28.9. The molecule has 4 aromatic carbocycles. The van der Waals surface area contributed by atoms with Gasteiger partial charge in [0.05, 0.1) is 41.1 Å². The van der Waals surface area contributed by atoms with E-state index >= 15 is 0 Å². The van der Waals surface area contributed by atoms with Crippen molar-refractivity contribution in [1.82, 2.24) is 19.9 Å². The van der Waals surface area contributed by atoms with Gasteiger partial charge in [0.2, 0.25) is 11.7 Å². The Morgan fingerprint density at radius 3 is 1.98 bits per heavy atom. The average molecular weight is 626 g/mol. The van der Waals surface area contributed by atoms with Crippen LogP contribution in [0, 0.1) is 0 Å². The largest absolute Gasteiger partial charge is 0.497 e. The summed E-state index contributed by atoms with van der Waals surface area (Å²) in [5.41, 5.74) is 3.06. The van der Waals surface area contributed by atoms with Crippen molar-refractivity contribution in [2.45, 2.75) is 19.1 Å². The number of methoxy groups -OCH3 is 5. The van der Waals surface area contributed by atoms with Crippen LogP contribution in [0.4, 0.5) is 5.69 Å². The van der Waals surface area contributed by atoms with E-state index in [-0.39, 0.29) is 19.0 Å². The van der Waals surface area contributed by atoms with Crippen molar-refractivity contribution in [2.75, 3.05) is 40.9 Å². The molecule has 5 rings (SSSR count). The van der Waals surface area contributed by atoms with Crippen LogP contribution in [0.2, 0.25) is 0 Å². The average Bonchev–Trinajstić information content (AvgIpc) is 3.50. The van der Waals surface area contributed by atoms with E-state index in [9.17, 15) is 9.59 Å². The Bertz CT molecular complexity index is 1780. The molecule has 0 fully saturated rings. The number of amides is 2. The quantitative estimate of drug-likeness (QED) is 0.195. The number of ether oxygens (including phenoxy) is 5. The number of rotatable bonds is 13. The van der Waals surface area contributed by atoms with E-state index in [1.807, 2.05) is 36.4 Å². The van der Waals surface area contributed by atoms with Gasteiger partial charge in [0.25, 0.3) is 5.91 Å². The van der Waals surface area contributed by atoms with E-state index in [0.717, 1.165) is 5.56 Å². The normalized spacial score (nSPS) is 11.4. The van der Waals surface area contributed by atoms with Crippen LogP contribution in [-0.4, -0.2) is 67.3 Å². The van der Waals surface area contributed by atoms with Crippen LogP contribution >= 0.6 is 0 Å². The zero-order valence-corrected chi connectivity index (χ0v) is 26.2. The van der Waals surface area contributed by atoms with Gasteiger partial charge in [-0.2, -0.15) is 0 Å². The SMILES string of the molecule is COc1ccc(CN(C(=O)Cn2nnc3ccccc32)C(C(=O)Nc2ccc(OC)cc2)c2cc(OC)c(OC)c(OC)c2)cc1. The van der Waals surface area contributed by atoms with Crippen LogP contribution in [0.15, 0.2) is 84.9 Å². The molecule has 0 spiro atoms. The molecule has 1 unspecified atom stereocenters. The van der Waals surface area contributed by atoms with Gasteiger partial charge in [-0.05, 0) is 71.8 Å². The van der Waals surface area contributed by atoms with Crippen LogP contribution in [0.3, 0.4) is 0 Å². The first-order chi connectivity index (χ1) is 22.4. The third-order valence-corrected chi connectivity index (χ3v) is 7.46. The summed E-state index contributed by atoms with van der Waals surface area (Å²) >= 11 is 0. The predicted molar refractivity (Wildman–Crippen MR) is 172 cm³/mol. The lowest BCUT2D eigenvalue weighted by molar-refractivity contribution is -0.140. The maximum Gasteiger partial charge on any atom is 0.251 e. The third kappa shape index (κ3) is 6.80. The van der Waals surface area contributed by atoms with Gasteiger partial charge in [-0.25, -0.2) is 4.68 Å². The molecule has 1 N–H and O–H groups in total. The van der Waals surface area contributed by atoms with Crippen molar-refractivity contribution >= 4 is 28.5 Å². The van der Waals surface area contributed by atoms with Gasteiger partial charge in [-0.15, -0.1) is 5.10 Å². The highest BCUT2D eigenvalue weighted by Gasteiger charge is 2.34. The fourth-order valence-corrected chi connectivity index (χ4v) is 5.12. The second-order valence-electron chi connectivity index (χ2n) is 10.2. The van der Waals surface area contributed by atoms with Crippen LogP contribution in [0.1, 0.15) is 17.2 Å². The lowest BCUT2D eigenvalue weighted by Gasteiger charge is -2.32. The highest BCUT2D eigenvalue weighted by atomic mass is 16.5. The highest BCUT2D eigenvalue weighted by molar-refractivity contribution is 5.98. The van der Waals surface area contributed by atoms with E-state index in [1.54, 1.807) is 62.8 Å². The second-order valence-corrected chi connectivity index (χ2v) is 10.2. The fraction of sp³-hybridized carbons (Fsp3) is 0.235. The molecular formula is C34H35N5O7. The van der Waals surface area contributed by atoms with Gasteiger partial charge in [0, 0.05) is 12.2 Å². The molecule has 2 amide bonds. The predicted octanol–water partition coefficient (Wildman–Crippen LogP) is 4.88. The maximum atomic E-state index is 14.4. The molecule has 1 atom stereocenters. The second kappa shape index (κ2) is 14.3. The number of carbonyl (C=O) groups excluding carboxylic acids is 2. The molecule has 46 heavy (non-hydrogen) atoms. The molecule has 0 bridgehead atoms. The van der Waals surface area contributed by atoms with Crippen molar-refractivity contribution in [1.29, 1.82) is 0 Å². The molecular weight excluding hydrogens is 590 g/mol. The number of hydrogen-bond donors (Lipinski definition) is 1. The van der Waals surface area contributed by atoms with Gasteiger partial charge in [0.1, 0.15) is 29.6 Å². The Labute approximate surface area is 266 Å². The Balaban J connectivity index is 1.63. The highest BCUT2D eigenvalue weighted by Crippen LogP contribution is 2.41. The Hall–Kier alpha value is -5.78. The summed E-state index contributed by atoms with van der Waals surface area (Å²) in [7, 11) is 7.62. The molecule has 12 heteroatoms. The number of nitrogens with one attached hydrogen (secondary N) is 1. The van der Waals surface area contributed by atoms with Crippen LogP contribution in [0.25, 0.3) is 11.0 Å². The maximum absolute atomic E-state index is 14.4. The molecule has 5 aromatic rings. The molecule has 0 saturated heterocycles. The molecule has 0 aliphatic rings. The zero-order valence-electron chi connectivity index (χ0n) is 26.2. The van der Waals surface area contributed by atoms with E-state index in [0.29, 0.717) is 51.0 Å². The third-order valence-electron chi connectivity index (χ3n) is 7.46. The van der Waals surface area contributed by atoms with E-state index in [4.69, 9.17) is 23.7 Å². The minimum Gasteiger partial charge on any atom is -0.497 e. The monoisotopic (exact) mass is 625 g/mol. The standard InChI is InChI=1S/C34H35N5O7/c1-42-25-14-10-22(11-15-25)20-38(31(40)21-39-28-9-7-6-8-27(28)36-37-39)32(34(41)35-24-12-16-26(43-2)17-13-24)23-18-29(44-3)33(46-5)30(19-23)45-4/h6-19,32H,20-21H2,1-5H3,(H,35,41). The van der Waals surface area contributed by atoms with Gasteiger partial charge >= 0.3 is 0 Å². The summed E-state index contributed by atoms with van der Waals surface area (Å²) in [4.78, 5) is 30.3. The summed E-state index contributed by atoms with van der Waals surface area (Å²) in [5.74, 6) is 1.46. The minimum absolute atomic E-state index is 0.0762. The summed E-state index contributed by atoms with van der Waals surface area (Å²) in [5, 5.41) is 11.4. The molecule has 0 radical (unpaired) electrons. The molecule has 12 nitrogen and oxygen atoms in total. The number of para-hydroxylation sites is 1. The molecule has 0 saturated carbocycles. The lowest BCUT2D eigenvalue weighted by atomic mass is 10.0. The minimum atomic E-state index is -1.15. The summed E-state index contributed by atoms with van der Waals surface area (Å²) in [6.45, 7) is -0.0970. The first kappa shape index (κ1) is 31.6. The van der Waals surface area contributed by atoms with E-state index < -0.39 is 11.9 Å². The molecule has 0 aliphatic carbocycles. The summed E-state index contributed by atoms with van der Waals surface area (Å²) in [6, 6.07) is 23.7. The fourth-order valence-electron chi connectivity index (χ4n) is 5.12. The number of aromatic nitrogens is 3. The molecule has 1 heterocycles. The van der Waals surface area contributed by atoms with Crippen molar-refractivity contribution in [3.05, 3.63) is 96.1 Å². The van der Waals surface area contributed by atoms with Crippen molar-refractivity contribution in [3.8, 4) is 28.7 Å². The molecule has 0 aliphatic heterocycles. The summed E-state index contributed by atoms with van der Waals surface area (Å²) in [6.07, 6.45) is 0. The van der Waals surface area contributed by atoms with Crippen molar-refractivity contribution < 1.29 is 33.3 Å². The van der Waals surface area contributed by atoms with Gasteiger partial charge in [-0.3, -0.25) is 9.59 Å². The van der Waals surface area contributed by atoms with Gasteiger partial charge in [-0.1, -0.05) is 29.5 Å². The number of nitrogens with zero attached hydrogens (tertiary/aromatic N) is 4. The molecule has 1 aromatic heterocycles. The van der Waals surface area contributed by atoms with E-state index in [1.165, 1.54) is 30.9 Å². The molecule has 238 valence electrons. The van der Waals surface area contributed by atoms with Gasteiger partial charge < -0.3 is 33.9 Å². The number of fused-ring (bicyclic) bond motifs is 1. The van der Waals surface area contributed by atoms with E-state index in [2.05, 4.69) is 15.6 Å². The first-order valence-corrected chi connectivity index (χ1v) is 14.3.